The van der Waals surface area contributed by atoms with Crippen LogP contribution in [0, 0.1) is 5.82 Å². The molecule has 0 radical (unpaired) electrons. The lowest BCUT2D eigenvalue weighted by Gasteiger charge is -2.11. The summed E-state index contributed by atoms with van der Waals surface area (Å²) in [4.78, 5) is 18.8. The van der Waals surface area contributed by atoms with Gasteiger partial charge < -0.3 is 9.72 Å². The van der Waals surface area contributed by atoms with Gasteiger partial charge in [0, 0.05) is 5.39 Å². The van der Waals surface area contributed by atoms with Gasteiger partial charge in [-0.1, -0.05) is 12.1 Å². The lowest BCUT2D eigenvalue weighted by Crippen LogP contribution is -2.18. The van der Waals surface area contributed by atoms with Crippen molar-refractivity contribution in [2.24, 2.45) is 0 Å². The lowest BCUT2D eigenvalue weighted by atomic mass is 10.2. The minimum absolute atomic E-state index is 0.126. The van der Waals surface area contributed by atoms with Crippen molar-refractivity contribution in [3.8, 4) is 17.1 Å². The van der Waals surface area contributed by atoms with E-state index in [1.165, 1.54) is 0 Å². The van der Waals surface area contributed by atoms with E-state index in [1.807, 2.05) is 0 Å². The average molecular weight is 364 g/mol. The molecule has 10 heteroatoms. The van der Waals surface area contributed by atoms with Gasteiger partial charge in [-0.05, 0) is 30.3 Å². The summed E-state index contributed by atoms with van der Waals surface area (Å²) in [5, 5.41) is 4.44. The number of hydrogen-bond donors (Lipinski definition) is 1. The fourth-order valence-corrected chi connectivity index (χ4v) is 2.59. The lowest BCUT2D eigenvalue weighted by molar-refractivity contribution is -0.274. The maximum atomic E-state index is 13.6. The molecule has 0 fully saturated rings. The molecule has 2 aromatic heterocycles. The molecule has 0 aliphatic rings. The number of aromatic amines is 1. The van der Waals surface area contributed by atoms with Crippen LogP contribution in [0.4, 0.5) is 17.6 Å². The molecule has 0 aliphatic carbocycles. The number of fused-ring (bicyclic) bond motifs is 3. The maximum Gasteiger partial charge on any atom is 0.573 e. The SMILES string of the molecule is O=c1[nH]c2ccccc2c2nc(-c3cc(F)ccc3OC(F)(F)F)nn12. The molecule has 132 valence electrons. The van der Waals surface area contributed by atoms with E-state index in [0.29, 0.717) is 10.9 Å². The molecule has 0 saturated carbocycles. The molecule has 4 aromatic rings. The Morgan fingerprint density at radius 3 is 2.65 bits per heavy atom. The summed E-state index contributed by atoms with van der Waals surface area (Å²) in [5.74, 6) is -1.74. The Morgan fingerprint density at radius 1 is 1.12 bits per heavy atom. The molecule has 2 heterocycles. The Hall–Kier alpha value is -3.43. The largest absolute Gasteiger partial charge is 0.573 e. The van der Waals surface area contributed by atoms with E-state index < -0.39 is 23.6 Å². The summed E-state index contributed by atoms with van der Waals surface area (Å²) in [6, 6.07) is 9.17. The second kappa shape index (κ2) is 5.55. The molecule has 1 N–H and O–H groups in total. The van der Waals surface area contributed by atoms with Gasteiger partial charge in [0.2, 0.25) is 0 Å². The molecule has 0 unspecified atom stereocenters. The predicted octanol–water partition coefficient (Wildman–Crippen LogP) is 3.28. The molecule has 0 bridgehead atoms. The fourth-order valence-electron chi connectivity index (χ4n) is 2.59. The van der Waals surface area contributed by atoms with E-state index >= 15 is 0 Å². The normalized spacial score (nSPS) is 12.0. The first-order valence-corrected chi connectivity index (χ1v) is 7.25. The third-order valence-corrected chi connectivity index (χ3v) is 3.62. The van der Waals surface area contributed by atoms with E-state index in [9.17, 15) is 22.4 Å². The summed E-state index contributed by atoms with van der Waals surface area (Å²) in [7, 11) is 0. The fraction of sp³-hybridized carbons (Fsp3) is 0.0625. The van der Waals surface area contributed by atoms with Gasteiger partial charge >= 0.3 is 12.1 Å². The zero-order chi connectivity index (χ0) is 18.5. The Labute approximate surface area is 141 Å². The number of benzene rings is 2. The van der Waals surface area contributed by atoms with Gasteiger partial charge in [-0.3, -0.25) is 0 Å². The third-order valence-electron chi connectivity index (χ3n) is 3.62. The monoisotopic (exact) mass is 364 g/mol. The van der Waals surface area contributed by atoms with Crippen LogP contribution in [-0.4, -0.2) is 25.9 Å². The molecule has 0 atom stereocenters. The number of aromatic nitrogens is 4. The zero-order valence-electron chi connectivity index (χ0n) is 12.7. The first-order chi connectivity index (χ1) is 12.3. The maximum absolute atomic E-state index is 13.6. The zero-order valence-corrected chi connectivity index (χ0v) is 12.7. The van der Waals surface area contributed by atoms with Gasteiger partial charge in [0.25, 0.3) is 0 Å². The summed E-state index contributed by atoms with van der Waals surface area (Å²) in [6.07, 6.45) is -4.98. The topological polar surface area (TPSA) is 72.3 Å². The van der Waals surface area contributed by atoms with Crippen LogP contribution in [0.5, 0.6) is 5.75 Å². The summed E-state index contributed by atoms with van der Waals surface area (Å²) in [6.45, 7) is 0. The molecule has 26 heavy (non-hydrogen) atoms. The van der Waals surface area contributed by atoms with Crippen LogP contribution >= 0.6 is 0 Å². The number of rotatable bonds is 2. The van der Waals surface area contributed by atoms with Crippen molar-refractivity contribution in [1.82, 2.24) is 19.6 Å². The molecule has 0 amide bonds. The highest BCUT2D eigenvalue weighted by Gasteiger charge is 2.33. The average Bonchev–Trinajstić information content (AvgIpc) is 3.01. The van der Waals surface area contributed by atoms with Crippen molar-refractivity contribution in [2.45, 2.75) is 6.36 Å². The highest BCUT2D eigenvalue weighted by atomic mass is 19.4. The van der Waals surface area contributed by atoms with Crippen molar-refractivity contribution in [1.29, 1.82) is 0 Å². The van der Waals surface area contributed by atoms with Gasteiger partial charge in [-0.25, -0.2) is 14.2 Å². The van der Waals surface area contributed by atoms with Crippen LogP contribution in [0.2, 0.25) is 0 Å². The highest BCUT2D eigenvalue weighted by molar-refractivity contribution is 5.91. The Morgan fingerprint density at radius 2 is 1.88 bits per heavy atom. The molecule has 0 saturated heterocycles. The highest BCUT2D eigenvalue weighted by Crippen LogP contribution is 2.33. The van der Waals surface area contributed by atoms with E-state index in [1.54, 1.807) is 24.3 Å². The smallest absolute Gasteiger partial charge is 0.405 e. The Kier molecular flexibility index (Phi) is 3.43. The number of halogens is 4. The van der Waals surface area contributed by atoms with Crippen LogP contribution in [0.25, 0.3) is 27.9 Å². The second-order valence-corrected chi connectivity index (χ2v) is 5.33. The molecule has 2 aromatic carbocycles. The molecule has 4 rings (SSSR count). The molecule has 0 spiro atoms. The van der Waals surface area contributed by atoms with Gasteiger partial charge in [0.05, 0.1) is 11.1 Å². The molecular formula is C16H8F4N4O2. The number of ether oxygens (including phenoxy) is 1. The van der Waals surface area contributed by atoms with E-state index in [-0.39, 0.29) is 17.0 Å². The van der Waals surface area contributed by atoms with E-state index in [2.05, 4.69) is 19.8 Å². The van der Waals surface area contributed by atoms with Gasteiger partial charge in [0.15, 0.2) is 11.5 Å². The minimum atomic E-state index is -4.98. The predicted molar refractivity (Wildman–Crippen MR) is 83.2 cm³/mol. The molecule has 0 aliphatic heterocycles. The van der Waals surface area contributed by atoms with Crippen molar-refractivity contribution in [2.75, 3.05) is 0 Å². The summed E-state index contributed by atoms with van der Waals surface area (Å²) < 4.78 is 56.2. The minimum Gasteiger partial charge on any atom is -0.405 e. The Balaban J connectivity index is 1.98. The van der Waals surface area contributed by atoms with Gasteiger partial charge in [0.1, 0.15) is 11.6 Å². The van der Waals surface area contributed by atoms with Crippen molar-refractivity contribution < 1.29 is 22.3 Å². The van der Waals surface area contributed by atoms with Gasteiger partial charge in [-0.2, -0.15) is 4.52 Å². The molecule has 6 nitrogen and oxygen atoms in total. The van der Waals surface area contributed by atoms with Crippen LogP contribution in [0.1, 0.15) is 0 Å². The summed E-state index contributed by atoms with van der Waals surface area (Å²) in [5.41, 5.74) is -0.349. The molecular weight excluding hydrogens is 356 g/mol. The van der Waals surface area contributed by atoms with E-state index in [4.69, 9.17) is 0 Å². The van der Waals surface area contributed by atoms with Crippen molar-refractivity contribution in [3.05, 3.63) is 58.8 Å². The van der Waals surface area contributed by atoms with Crippen LogP contribution in [-0.2, 0) is 0 Å². The Bertz CT molecular complexity index is 1200. The quantitative estimate of drug-likeness (QED) is 0.554. The van der Waals surface area contributed by atoms with Crippen LogP contribution in [0.15, 0.2) is 47.3 Å². The van der Waals surface area contributed by atoms with Crippen LogP contribution in [0.3, 0.4) is 0 Å². The summed E-state index contributed by atoms with van der Waals surface area (Å²) >= 11 is 0. The van der Waals surface area contributed by atoms with E-state index in [0.717, 1.165) is 22.7 Å². The van der Waals surface area contributed by atoms with Crippen LogP contribution < -0.4 is 10.4 Å². The number of hydrogen-bond acceptors (Lipinski definition) is 4. The third kappa shape index (κ3) is 2.75. The number of para-hydroxylation sites is 1. The number of nitrogens with zero attached hydrogens (tertiary/aromatic N) is 3. The van der Waals surface area contributed by atoms with Crippen molar-refractivity contribution >= 4 is 16.6 Å². The number of H-pyrrole nitrogens is 1. The first kappa shape index (κ1) is 16.1. The van der Waals surface area contributed by atoms with Crippen molar-refractivity contribution in [3.63, 3.8) is 0 Å². The van der Waals surface area contributed by atoms with Gasteiger partial charge in [-0.15, -0.1) is 18.3 Å². The second-order valence-electron chi connectivity index (χ2n) is 5.33. The number of nitrogens with one attached hydrogen (secondary N) is 1. The standard InChI is InChI=1S/C16H8F4N4O2/c17-8-5-6-12(26-16(18,19)20)10(7-8)13-22-14-9-3-1-2-4-11(9)21-15(25)24(14)23-13/h1-7H,(H,21,25). The number of alkyl halides is 3. The first-order valence-electron chi connectivity index (χ1n) is 7.25.